The summed E-state index contributed by atoms with van der Waals surface area (Å²) in [6.07, 6.45) is 3.99. The van der Waals surface area contributed by atoms with Gasteiger partial charge in [0.25, 0.3) is 0 Å². The Hall–Kier alpha value is -3.36. The van der Waals surface area contributed by atoms with Gasteiger partial charge in [-0.2, -0.15) is 15.2 Å². The van der Waals surface area contributed by atoms with E-state index in [0.717, 1.165) is 18.5 Å². The summed E-state index contributed by atoms with van der Waals surface area (Å²) >= 11 is 0. The van der Waals surface area contributed by atoms with Crippen molar-refractivity contribution in [3.05, 3.63) is 36.0 Å². The van der Waals surface area contributed by atoms with E-state index in [1.54, 1.807) is 30.5 Å². The van der Waals surface area contributed by atoms with Crippen LogP contribution in [-0.2, 0) is 14.8 Å². The molecule has 1 aromatic carbocycles. The SMILES string of the molecule is N#Cc1c[nH]c2nc(Nc3ccc(N4CCCS4(=O)=O)cc3)nc(NC3CCOCC3)c12. The summed E-state index contributed by atoms with van der Waals surface area (Å²) in [6, 6.07) is 9.54. The summed E-state index contributed by atoms with van der Waals surface area (Å²) in [5.74, 6) is 1.16. The first kappa shape index (κ1) is 20.5. The third-order valence-corrected chi connectivity index (χ3v) is 7.59. The predicted molar refractivity (Wildman–Crippen MR) is 122 cm³/mol. The minimum Gasteiger partial charge on any atom is -0.381 e. The van der Waals surface area contributed by atoms with Crippen molar-refractivity contribution in [3.8, 4) is 6.07 Å². The standard InChI is InChI=1S/C21H23N7O3S/c22-12-14-13-23-19-18(14)20(24-16-6-9-31-10-7-16)27-21(26-19)25-15-2-4-17(5-3-15)28-8-1-11-32(28,29)30/h2-5,13,16H,1,6-11H2,(H3,23,24,25,26,27). The van der Waals surface area contributed by atoms with Crippen LogP contribution in [0.1, 0.15) is 24.8 Å². The van der Waals surface area contributed by atoms with E-state index in [1.165, 1.54) is 4.31 Å². The second kappa shape index (κ2) is 8.29. The van der Waals surface area contributed by atoms with Gasteiger partial charge in [0, 0.05) is 37.7 Å². The Balaban J connectivity index is 1.42. The van der Waals surface area contributed by atoms with Crippen LogP contribution in [0.2, 0.25) is 0 Å². The Kier molecular flexibility index (Phi) is 5.32. The van der Waals surface area contributed by atoms with Crippen molar-refractivity contribution in [1.82, 2.24) is 15.0 Å². The number of sulfonamides is 1. The summed E-state index contributed by atoms with van der Waals surface area (Å²) in [5.41, 5.74) is 2.42. The highest BCUT2D eigenvalue weighted by atomic mass is 32.2. The number of ether oxygens (including phenoxy) is 1. The number of nitrogens with one attached hydrogen (secondary N) is 3. The van der Waals surface area contributed by atoms with Gasteiger partial charge >= 0.3 is 0 Å². The number of fused-ring (bicyclic) bond motifs is 1. The van der Waals surface area contributed by atoms with Crippen molar-refractivity contribution in [3.63, 3.8) is 0 Å². The fourth-order valence-electron chi connectivity index (χ4n) is 4.09. The Bertz CT molecular complexity index is 1280. The molecule has 2 aliphatic rings. The molecule has 4 heterocycles. The number of nitrogens with zero attached hydrogens (tertiary/aromatic N) is 4. The van der Waals surface area contributed by atoms with Gasteiger partial charge in [0.2, 0.25) is 16.0 Å². The van der Waals surface area contributed by atoms with Crippen molar-refractivity contribution < 1.29 is 13.2 Å². The van der Waals surface area contributed by atoms with E-state index in [0.29, 0.717) is 60.2 Å². The molecule has 2 saturated heterocycles. The van der Waals surface area contributed by atoms with Crippen molar-refractivity contribution in [1.29, 1.82) is 5.26 Å². The van der Waals surface area contributed by atoms with E-state index in [1.807, 2.05) is 0 Å². The van der Waals surface area contributed by atoms with E-state index in [4.69, 9.17) is 4.74 Å². The van der Waals surface area contributed by atoms with E-state index >= 15 is 0 Å². The molecular weight excluding hydrogens is 430 g/mol. The molecule has 3 aromatic rings. The van der Waals surface area contributed by atoms with Crippen molar-refractivity contribution in [2.75, 3.05) is 40.5 Å². The first-order valence-electron chi connectivity index (χ1n) is 10.5. The van der Waals surface area contributed by atoms with Crippen LogP contribution in [0.5, 0.6) is 0 Å². The fourth-order valence-corrected chi connectivity index (χ4v) is 5.65. The number of H-pyrrole nitrogens is 1. The van der Waals surface area contributed by atoms with E-state index in [-0.39, 0.29) is 11.8 Å². The molecule has 0 spiro atoms. The van der Waals surface area contributed by atoms with E-state index in [2.05, 4.69) is 31.7 Å². The molecule has 32 heavy (non-hydrogen) atoms. The lowest BCUT2D eigenvalue weighted by atomic mass is 10.1. The summed E-state index contributed by atoms with van der Waals surface area (Å²) in [4.78, 5) is 12.2. The summed E-state index contributed by atoms with van der Waals surface area (Å²) in [5, 5.41) is 16.8. The zero-order valence-corrected chi connectivity index (χ0v) is 18.2. The molecule has 0 atom stereocenters. The van der Waals surface area contributed by atoms with E-state index in [9.17, 15) is 13.7 Å². The van der Waals surface area contributed by atoms with Crippen LogP contribution in [0, 0.1) is 11.3 Å². The van der Waals surface area contributed by atoms with Gasteiger partial charge in [0.15, 0.2) is 0 Å². The number of hydrogen-bond donors (Lipinski definition) is 3. The maximum atomic E-state index is 12.1. The molecule has 3 N–H and O–H groups in total. The molecule has 0 aliphatic carbocycles. The maximum Gasteiger partial charge on any atom is 0.235 e. The van der Waals surface area contributed by atoms with Crippen LogP contribution in [0.4, 0.5) is 23.1 Å². The first-order chi connectivity index (χ1) is 15.5. The molecule has 0 bridgehead atoms. The molecule has 0 radical (unpaired) electrons. The minimum absolute atomic E-state index is 0.185. The molecule has 2 aromatic heterocycles. The van der Waals surface area contributed by atoms with Gasteiger partial charge in [-0.1, -0.05) is 0 Å². The predicted octanol–water partition coefficient (Wildman–Crippen LogP) is 2.70. The quantitative estimate of drug-likeness (QED) is 0.536. The van der Waals surface area contributed by atoms with Crippen LogP contribution in [-0.4, -0.2) is 54.9 Å². The van der Waals surface area contributed by atoms with E-state index < -0.39 is 10.0 Å². The van der Waals surface area contributed by atoms with Crippen LogP contribution in [0.3, 0.4) is 0 Å². The lowest BCUT2D eigenvalue weighted by Gasteiger charge is -2.24. The van der Waals surface area contributed by atoms with Gasteiger partial charge < -0.3 is 20.4 Å². The normalized spacial score (nSPS) is 18.5. The average Bonchev–Trinajstić information content (AvgIpc) is 3.37. The molecule has 0 saturated carbocycles. The summed E-state index contributed by atoms with van der Waals surface area (Å²) in [7, 11) is -3.22. The number of aromatic nitrogens is 3. The lowest BCUT2D eigenvalue weighted by molar-refractivity contribution is 0.0904. The van der Waals surface area contributed by atoms with Crippen LogP contribution >= 0.6 is 0 Å². The molecule has 2 aliphatic heterocycles. The third-order valence-electron chi connectivity index (χ3n) is 5.72. The number of nitriles is 1. The van der Waals surface area contributed by atoms with Gasteiger partial charge in [0.05, 0.1) is 22.4 Å². The second-order valence-corrected chi connectivity index (χ2v) is 9.89. The molecule has 0 unspecified atom stereocenters. The summed E-state index contributed by atoms with van der Waals surface area (Å²) < 4.78 is 31.2. The fraction of sp³-hybridized carbons (Fsp3) is 0.381. The number of benzene rings is 1. The number of rotatable bonds is 5. The third kappa shape index (κ3) is 3.94. The first-order valence-corrected chi connectivity index (χ1v) is 12.2. The molecule has 10 nitrogen and oxygen atoms in total. The highest BCUT2D eigenvalue weighted by molar-refractivity contribution is 7.93. The minimum atomic E-state index is -3.22. The molecule has 5 rings (SSSR count). The number of hydrogen-bond acceptors (Lipinski definition) is 8. The smallest absolute Gasteiger partial charge is 0.235 e. The second-order valence-electron chi connectivity index (χ2n) is 7.88. The van der Waals surface area contributed by atoms with Crippen LogP contribution in [0.25, 0.3) is 11.0 Å². The van der Waals surface area contributed by atoms with Gasteiger partial charge in [0.1, 0.15) is 17.5 Å². The molecule has 11 heteroatoms. The van der Waals surface area contributed by atoms with Gasteiger partial charge in [-0.05, 0) is 43.5 Å². The Morgan fingerprint density at radius 1 is 1.19 bits per heavy atom. The van der Waals surface area contributed by atoms with Gasteiger partial charge in [-0.25, -0.2) is 8.42 Å². The van der Waals surface area contributed by atoms with Gasteiger partial charge in [-0.3, -0.25) is 4.31 Å². The highest BCUT2D eigenvalue weighted by Crippen LogP contribution is 2.29. The van der Waals surface area contributed by atoms with Crippen LogP contribution < -0.4 is 14.9 Å². The Morgan fingerprint density at radius 3 is 2.66 bits per heavy atom. The Morgan fingerprint density at radius 2 is 1.97 bits per heavy atom. The summed E-state index contributed by atoms with van der Waals surface area (Å²) in [6.45, 7) is 1.88. The molecule has 166 valence electrons. The zero-order chi connectivity index (χ0) is 22.1. The average molecular weight is 454 g/mol. The molecule has 2 fully saturated rings. The highest BCUT2D eigenvalue weighted by Gasteiger charge is 2.28. The maximum absolute atomic E-state index is 12.1. The van der Waals surface area contributed by atoms with Crippen molar-refractivity contribution >= 4 is 44.2 Å². The largest absolute Gasteiger partial charge is 0.381 e. The Labute approximate surface area is 185 Å². The monoisotopic (exact) mass is 453 g/mol. The zero-order valence-electron chi connectivity index (χ0n) is 17.3. The lowest BCUT2D eigenvalue weighted by Crippen LogP contribution is -2.28. The van der Waals surface area contributed by atoms with Crippen molar-refractivity contribution in [2.45, 2.75) is 25.3 Å². The van der Waals surface area contributed by atoms with Gasteiger partial charge in [-0.15, -0.1) is 0 Å². The number of aromatic amines is 1. The number of anilines is 4. The molecular formula is C21H23N7O3S. The van der Waals surface area contributed by atoms with Crippen molar-refractivity contribution in [2.24, 2.45) is 0 Å². The van der Waals surface area contributed by atoms with Crippen LogP contribution in [0.15, 0.2) is 30.5 Å². The topological polar surface area (TPSA) is 136 Å². The molecule has 0 amide bonds.